The molecule has 0 aliphatic heterocycles. The van der Waals surface area contributed by atoms with Gasteiger partial charge in [0.2, 0.25) is 0 Å². The third kappa shape index (κ3) is 2.15. The van der Waals surface area contributed by atoms with Gasteiger partial charge in [-0.3, -0.25) is 9.78 Å². The van der Waals surface area contributed by atoms with Gasteiger partial charge in [-0.2, -0.15) is 0 Å². The summed E-state index contributed by atoms with van der Waals surface area (Å²) < 4.78 is 0. The second kappa shape index (κ2) is 4.68. The van der Waals surface area contributed by atoms with Crippen LogP contribution in [0.15, 0.2) is 42.6 Å². The first-order valence-electron chi connectivity index (χ1n) is 5.04. The molecule has 80 valence electrons. The molecule has 16 heavy (non-hydrogen) atoms. The largest absolute Gasteiger partial charge is 0.326 e. The molecule has 1 aromatic heterocycles. The van der Waals surface area contributed by atoms with Crippen LogP contribution in [-0.2, 0) is 6.54 Å². The Bertz CT molecular complexity index is 492. The van der Waals surface area contributed by atoms with Gasteiger partial charge in [0, 0.05) is 23.9 Å². The molecule has 0 saturated heterocycles. The average Bonchev–Trinajstić information content (AvgIpc) is 2.39. The van der Waals surface area contributed by atoms with E-state index in [0.29, 0.717) is 12.1 Å². The molecule has 0 saturated carbocycles. The lowest BCUT2D eigenvalue weighted by Crippen LogP contribution is -1.95. The van der Waals surface area contributed by atoms with Crippen molar-refractivity contribution in [2.75, 3.05) is 0 Å². The number of carbonyl (C=O) groups is 1. The fourth-order valence-corrected chi connectivity index (χ4v) is 1.49. The number of hydrogen-bond acceptors (Lipinski definition) is 3. The van der Waals surface area contributed by atoms with Crippen LogP contribution in [0.2, 0.25) is 0 Å². The highest BCUT2D eigenvalue weighted by Crippen LogP contribution is 2.17. The lowest BCUT2D eigenvalue weighted by atomic mass is 10.1. The number of rotatable bonds is 3. The summed E-state index contributed by atoms with van der Waals surface area (Å²) >= 11 is 0. The van der Waals surface area contributed by atoms with Gasteiger partial charge in [0.1, 0.15) is 6.29 Å². The summed E-state index contributed by atoms with van der Waals surface area (Å²) in [6.07, 6.45) is 2.45. The average molecular weight is 212 g/mol. The standard InChI is InChI=1S/C13H12N2O/c14-8-10-1-3-12(4-2-10)13-7-11(9-16)5-6-15-13/h1-7,9H,8,14H2. The monoisotopic (exact) mass is 212 g/mol. The zero-order chi connectivity index (χ0) is 11.4. The van der Waals surface area contributed by atoms with E-state index >= 15 is 0 Å². The minimum Gasteiger partial charge on any atom is -0.326 e. The number of aldehydes is 1. The molecule has 0 radical (unpaired) electrons. The molecule has 1 aromatic carbocycles. The van der Waals surface area contributed by atoms with E-state index < -0.39 is 0 Å². The van der Waals surface area contributed by atoms with Gasteiger partial charge in [-0.25, -0.2) is 0 Å². The second-order valence-corrected chi connectivity index (χ2v) is 3.49. The molecule has 3 nitrogen and oxygen atoms in total. The number of nitrogens with two attached hydrogens (primary N) is 1. The maximum Gasteiger partial charge on any atom is 0.150 e. The highest BCUT2D eigenvalue weighted by Gasteiger charge is 2.00. The van der Waals surface area contributed by atoms with E-state index in [1.54, 1.807) is 18.3 Å². The Balaban J connectivity index is 2.38. The van der Waals surface area contributed by atoms with Crippen LogP contribution in [0.5, 0.6) is 0 Å². The Kier molecular flexibility index (Phi) is 3.08. The number of aromatic nitrogens is 1. The SMILES string of the molecule is NCc1ccc(-c2cc(C=O)ccn2)cc1. The predicted octanol–water partition coefficient (Wildman–Crippen LogP) is 2.02. The van der Waals surface area contributed by atoms with Gasteiger partial charge >= 0.3 is 0 Å². The minimum absolute atomic E-state index is 0.530. The van der Waals surface area contributed by atoms with Gasteiger partial charge in [-0.1, -0.05) is 24.3 Å². The van der Waals surface area contributed by atoms with Gasteiger partial charge in [-0.05, 0) is 17.7 Å². The molecule has 0 aliphatic carbocycles. The molecule has 3 heteroatoms. The Hall–Kier alpha value is -2.00. The lowest BCUT2D eigenvalue weighted by Gasteiger charge is -2.02. The first-order valence-corrected chi connectivity index (χ1v) is 5.04. The molecular formula is C13H12N2O. The maximum atomic E-state index is 10.6. The molecule has 0 spiro atoms. The van der Waals surface area contributed by atoms with Crippen LogP contribution in [-0.4, -0.2) is 11.3 Å². The molecule has 2 N–H and O–H groups in total. The van der Waals surface area contributed by atoms with Crippen molar-refractivity contribution >= 4 is 6.29 Å². The topological polar surface area (TPSA) is 56.0 Å². The zero-order valence-corrected chi connectivity index (χ0v) is 8.76. The molecule has 0 amide bonds. The van der Waals surface area contributed by atoms with E-state index in [4.69, 9.17) is 5.73 Å². The summed E-state index contributed by atoms with van der Waals surface area (Å²) in [5.74, 6) is 0. The predicted molar refractivity (Wildman–Crippen MR) is 63.0 cm³/mol. The number of pyridine rings is 1. The second-order valence-electron chi connectivity index (χ2n) is 3.49. The summed E-state index contributed by atoms with van der Waals surface area (Å²) in [6, 6.07) is 11.3. The van der Waals surface area contributed by atoms with E-state index in [1.165, 1.54) is 0 Å². The van der Waals surface area contributed by atoms with Crippen molar-refractivity contribution in [3.63, 3.8) is 0 Å². The number of nitrogens with zero attached hydrogens (tertiary/aromatic N) is 1. The Morgan fingerprint density at radius 2 is 1.94 bits per heavy atom. The number of carbonyl (C=O) groups excluding carboxylic acids is 1. The minimum atomic E-state index is 0.530. The van der Waals surface area contributed by atoms with Crippen molar-refractivity contribution in [2.45, 2.75) is 6.54 Å². The van der Waals surface area contributed by atoms with Crippen molar-refractivity contribution in [2.24, 2.45) is 5.73 Å². The summed E-state index contributed by atoms with van der Waals surface area (Å²) in [6.45, 7) is 0.530. The van der Waals surface area contributed by atoms with Crippen molar-refractivity contribution in [1.29, 1.82) is 0 Å². The third-order valence-corrected chi connectivity index (χ3v) is 2.41. The van der Waals surface area contributed by atoms with Crippen molar-refractivity contribution in [3.8, 4) is 11.3 Å². The number of hydrogen-bond donors (Lipinski definition) is 1. The van der Waals surface area contributed by atoms with Gasteiger partial charge in [0.05, 0.1) is 5.69 Å². The molecule has 2 aromatic rings. The van der Waals surface area contributed by atoms with Gasteiger partial charge in [-0.15, -0.1) is 0 Å². The maximum absolute atomic E-state index is 10.6. The van der Waals surface area contributed by atoms with E-state index in [0.717, 1.165) is 23.1 Å². The van der Waals surface area contributed by atoms with Crippen LogP contribution in [0.25, 0.3) is 11.3 Å². The van der Waals surface area contributed by atoms with Gasteiger partial charge < -0.3 is 5.73 Å². The summed E-state index contributed by atoms with van der Waals surface area (Å²) in [4.78, 5) is 14.9. The van der Waals surface area contributed by atoms with E-state index in [1.807, 2.05) is 24.3 Å². The molecule has 1 heterocycles. The van der Waals surface area contributed by atoms with Crippen molar-refractivity contribution in [1.82, 2.24) is 4.98 Å². The Labute approximate surface area is 93.9 Å². The first-order chi connectivity index (χ1) is 7.83. The van der Waals surface area contributed by atoms with E-state index in [-0.39, 0.29) is 0 Å². The molecular weight excluding hydrogens is 200 g/mol. The Morgan fingerprint density at radius 1 is 1.19 bits per heavy atom. The zero-order valence-electron chi connectivity index (χ0n) is 8.76. The molecule has 0 bridgehead atoms. The highest BCUT2D eigenvalue weighted by atomic mass is 16.1. The van der Waals surface area contributed by atoms with E-state index in [9.17, 15) is 4.79 Å². The van der Waals surface area contributed by atoms with Gasteiger partial charge in [0.15, 0.2) is 0 Å². The quantitative estimate of drug-likeness (QED) is 0.792. The van der Waals surface area contributed by atoms with Crippen LogP contribution < -0.4 is 5.73 Å². The van der Waals surface area contributed by atoms with Crippen LogP contribution in [0, 0.1) is 0 Å². The van der Waals surface area contributed by atoms with Crippen LogP contribution in [0.4, 0.5) is 0 Å². The molecule has 0 fully saturated rings. The number of benzene rings is 1. The fourth-order valence-electron chi connectivity index (χ4n) is 1.49. The summed E-state index contributed by atoms with van der Waals surface area (Å²) in [5.41, 5.74) is 9.02. The normalized spacial score (nSPS) is 10.1. The highest BCUT2D eigenvalue weighted by molar-refractivity contribution is 5.77. The molecule has 0 unspecified atom stereocenters. The molecule has 2 rings (SSSR count). The smallest absolute Gasteiger partial charge is 0.150 e. The fraction of sp³-hybridized carbons (Fsp3) is 0.0769. The first kappa shape index (κ1) is 10.5. The summed E-state index contributed by atoms with van der Waals surface area (Å²) in [5, 5.41) is 0. The van der Waals surface area contributed by atoms with Crippen LogP contribution >= 0.6 is 0 Å². The molecule has 0 aliphatic rings. The molecule has 0 atom stereocenters. The third-order valence-electron chi connectivity index (χ3n) is 2.41. The summed E-state index contributed by atoms with van der Waals surface area (Å²) in [7, 11) is 0. The van der Waals surface area contributed by atoms with Crippen molar-refractivity contribution < 1.29 is 4.79 Å². The van der Waals surface area contributed by atoms with Gasteiger partial charge in [0.25, 0.3) is 0 Å². The van der Waals surface area contributed by atoms with Crippen LogP contribution in [0.1, 0.15) is 15.9 Å². The lowest BCUT2D eigenvalue weighted by molar-refractivity contribution is 0.112. The van der Waals surface area contributed by atoms with E-state index in [2.05, 4.69) is 4.98 Å². The van der Waals surface area contributed by atoms with Crippen LogP contribution in [0.3, 0.4) is 0 Å². The Morgan fingerprint density at radius 3 is 2.56 bits per heavy atom. The van der Waals surface area contributed by atoms with Crippen molar-refractivity contribution in [3.05, 3.63) is 53.7 Å².